The maximum absolute atomic E-state index is 11.6. The van der Waals surface area contributed by atoms with E-state index in [9.17, 15) is 8.42 Å². The molecule has 2 saturated carbocycles. The molecular weight excluding hydrogens is 234 g/mol. The van der Waals surface area contributed by atoms with Crippen molar-refractivity contribution in [2.45, 2.75) is 62.7 Å². The zero-order chi connectivity index (χ0) is 12.5. The van der Waals surface area contributed by atoms with Crippen molar-refractivity contribution in [1.82, 2.24) is 0 Å². The van der Waals surface area contributed by atoms with Crippen molar-refractivity contribution in [3.05, 3.63) is 11.1 Å². The third-order valence-corrected chi connectivity index (χ3v) is 5.83. The van der Waals surface area contributed by atoms with Crippen LogP contribution in [0.1, 0.15) is 51.4 Å². The van der Waals surface area contributed by atoms with Crippen LogP contribution in [0.5, 0.6) is 0 Å². The van der Waals surface area contributed by atoms with Crippen LogP contribution in [-0.4, -0.2) is 26.0 Å². The van der Waals surface area contributed by atoms with E-state index >= 15 is 0 Å². The maximum atomic E-state index is 11.6. The Morgan fingerprint density at radius 1 is 1.06 bits per heavy atom. The predicted molar refractivity (Wildman–Crippen MR) is 70.6 cm³/mol. The highest BCUT2D eigenvalue weighted by Gasteiger charge is 2.27. The van der Waals surface area contributed by atoms with Gasteiger partial charge in [-0.2, -0.15) is 0 Å². The molecule has 2 aliphatic carbocycles. The van der Waals surface area contributed by atoms with Gasteiger partial charge in [-0.1, -0.05) is 11.1 Å². The van der Waals surface area contributed by atoms with E-state index in [1.807, 2.05) is 0 Å². The molecule has 0 aliphatic heterocycles. The molecule has 2 aliphatic rings. The first-order valence-corrected chi connectivity index (χ1v) is 8.56. The lowest BCUT2D eigenvalue weighted by Gasteiger charge is -2.28. The van der Waals surface area contributed by atoms with Gasteiger partial charge in [0.1, 0.15) is 0 Å². The van der Waals surface area contributed by atoms with Gasteiger partial charge in [0.2, 0.25) is 0 Å². The number of rotatable bonds is 1. The summed E-state index contributed by atoms with van der Waals surface area (Å²) in [6.45, 7) is 0. The molecule has 1 atom stereocenters. The first-order chi connectivity index (χ1) is 7.97. The fourth-order valence-corrected chi connectivity index (χ4v) is 4.15. The average molecular weight is 257 g/mol. The molecule has 0 heterocycles. The summed E-state index contributed by atoms with van der Waals surface area (Å²) >= 11 is 0. The molecule has 0 bridgehead atoms. The molecule has 4 heteroatoms. The van der Waals surface area contributed by atoms with Crippen molar-refractivity contribution in [3.8, 4) is 0 Å². The summed E-state index contributed by atoms with van der Waals surface area (Å²) in [5.74, 6) is 0. The summed E-state index contributed by atoms with van der Waals surface area (Å²) in [5, 5.41) is -0.130. The van der Waals surface area contributed by atoms with E-state index in [0.29, 0.717) is 6.04 Å². The minimum atomic E-state index is -2.87. The van der Waals surface area contributed by atoms with Crippen molar-refractivity contribution < 1.29 is 8.42 Å². The molecule has 0 spiro atoms. The Hall–Kier alpha value is -0.350. The van der Waals surface area contributed by atoms with Crippen LogP contribution in [0.3, 0.4) is 0 Å². The van der Waals surface area contributed by atoms with E-state index in [4.69, 9.17) is 5.73 Å². The molecule has 98 valence electrons. The van der Waals surface area contributed by atoms with Crippen molar-refractivity contribution in [1.29, 1.82) is 0 Å². The normalized spacial score (nSPS) is 31.6. The Balaban J connectivity index is 2.09. The van der Waals surface area contributed by atoms with Crippen LogP contribution in [-0.2, 0) is 9.84 Å². The van der Waals surface area contributed by atoms with Crippen LogP contribution in [0.25, 0.3) is 0 Å². The fourth-order valence-electron chi connectivity index (χ4n) is 3.05. The van der Waals surface area contributed by atoms with Crippen LogP contribution in [0.4, 0.5) is 0 Å². The first kappa shape index (κ1) is 13.1. The number of allylic oxidation sites excluding steroid dienone is 2. The Morgan fingerprint density at radius 2 is 1.71 bits per heavy atom. The third-order valence-electron chi connectivity index (χ3n) is 4.22. The molecule has 0 radical (unpaired) electrons. The molecule has 0 aromatic rings. The Kier molecular flexibility index (Phi) is 3.93. The Morgan fingerprint density at radius 3 is 2.29 bits per heavy atom. The van der Waals surface area contributed by atoms with Gasteiger partial charge in [-0.25, -0.2) is 8.42 Å². The van der Waals surface area contributed by atoms with Gasteiger partial charge in [0, 0.05) is 12.3 Å². The van der Waals surface area contributed by atoms with Crippen molar-refractivity contribution in [2.24, 2.45) is 5.73 Å². The van der Waals surface area contributed by atoms with Crippen molar-refractivity contribution in [2.75, 3.05) is 6.26 Å². The fraction of sp³-hybridized carbons (Fsp3) is 0.846. The van der Waals surface area contributed by atoms with Crippen LogP contribution < -0.4 is 5.73 Å². The van der Waals surface area contributed by atoms with Gasteiger partial charge in [-0.15, -0.1) is 0 Å². The van der Waals surface area contributed by atoms with Gasteiger partial charge in [0.05, 0.1) is 5.25 Å². The maximum Gasteiger partial charge on any atom is 0.150 e. The van der Waals surface area contributed by atoms with Gasteiger partial charge in [0.15, 0.2) is 9.84 Å². The lowest BCUT2D eigenvalue weighted by Crippen LogP contribution is -2.27. The second-order valence-electron chi connectivity index (χ2n) is 5.59. The summed E-state index contributed by atoms with van der Waals surface area (Å²) in [7, 11) is -2.87. The molecule has 2 rings (SSSR count). The summed E-state index contributed by atoms with van der Waals surface area (Å²) in [6, 6.07) is 0.355. The predicted octanol–water partition coefficient (Wildman–Crippen LogP) is 2.17. The van der Waals surface area contributed by atoms with E-state index < -0.39 is 9.84 Å². The molecule has 0 saturated heterocycles. The number of nitrogens with two attached hydrogens (primary N) is 1. The summed E-state index contributed by atoms with van der Waals surface area (Å²) in [6.07, 6.45) is 9.46. The van der Waals surface area contributed by atoms with Gasteiger partial charge >= 0.3 is 0 Å². The van der Waals surface area contributed by atoms with Crippen LogP contribution in [0, 0.1) is 0 Å². The average Bonchev–Trinajstić information content (AvgIpc) is 2.29. The minimum absolute atomic E-state index is 0.130. The highest BCUT2D eigenvalue weighted by molar-refractivity contribution is 7.91. The Labute approximate surface area is 104 Å². The van der Waals surface area contributed by atoms with E-state index in [-0.39, 0.29) is 5.25 Å². The smallest absolute Gasteiger partial charge is 0.150 e. The highest BCUT2D eigenvalue weighted by Crippen LogP contribution is 2.35. The van der Waals surface area contributed by atoms with Crippen molar-refractivity contribution in [3.63, 3.8) is 0 Å². The zero-order valence-corrected chi connectivity index (χ0v) is 11.4. The molecule has 2 N–H and O–H groups in total. The molecule has 0 amide bonds. The van der Waals surface area contributed by atoms with E-state index in [1.165, 1.54) is 17.4 Å². The Bertz CT molecular complexity index is 401. The topological polar surface area (TPSA) is 60.2 Å². The second kappa shape index (κ2) is 5.11. The molecule has 0 aromatic carbocycles. The molecule has 1 unspecified atom stereocenters. The van der Waals surface area contributed by atoms with E-state index in [1.54, 1.807) is 0 Å². The third kappa shape index (κ3) is 3.32. The standard InChI is InChI=1S/C13H23NO2S/c1-17(15,16)13-4-2-3-11(9-13)10-5-7-12(14)8-6-10/h12-13H,2-9,14H2,1H3. The number of hydrogen-bond donors (Lipinski definition) is 1. The lowest BCUT2D eigenvalue weighted by molar-refractivity contribution is 0.490. The van der Waals surface area contributed by atoms with Gasteiger partial charge in [0.25, 0.3) is 0 Å². The molecule has 17 heavy (non-hydrogen) atoms. The van der Waals surface area contributed by atoms with Gasteiger partial charge in [-0.3, -0.25) is 0 Å². The van der Waals surface area contributed by atoms with E-state index in [2.05, 4.69) is 0 Å². The van der Waals surface area contributed by atoms with Gasteiger partial charge < -0.3 is 5.73 Å². The summed E-state index contributed by atoms with van der Waals surface area (Å²) in [5.41, 5.74) is 8.85. The van der Waals surface area contributed by atoms with Crippen molar-refractivity contribution >= 4 is 9.84 Å². The lowest BCUT2D eigenvalue weighted by atomic mass is 9.83. The van der Waals surface area contributed by atoms with Gasteiger partial charge in [-0.05, 0) is 51.4 Å². The van der Waals surface area contributed by atoms with Crippen LogP contribution in [0.15, 0.2) is 11.1 Å². The molecule has 3 nitrogen and oxygen atoms in total. The minimum Gasteiger partial charge on any atom is -0.328 e. The molecule has 2 fully saturated rings. The first-order valence-electron chi connectivity index (χ1n) is 6.61. The number of hydrogen-bond acceptors (Lipinski definition) is 3. The quantitative estimate of drug-likeness (QED) is 0.732. The summed E-state index contributed by atoms with van der Waals surface area (Å²) in [4.78, 5) is 0. The van der Waals surface area contributed by atoms with Crippen LogP contribution >= 0.6 is 0 Å². The SMILES string of the molecule is CS(=O)(=O)C1CCCC(=C2CCC(N)CC2)C1. The summed E-state index contributed by atoms with van der Waals surface area (Å²) < 4.78 is 23.2. The largest absolute Gasteiger partial charge is 0.328 e. The number of sulfone groups is 1. The second-order valence-corrected chi connectivity index (χ2v) is 7.92. The monoisotopic (exact) mass is 257 g/mol. The van der Waals surface area contributed by atoms with E-state index in [0.717, 1.165) is 51.4 Å². The zero-order valence-electron chi connectivity index (χ0n) is 10.6. The molecular formula is C13H23NO2S. The highest BCUT2D eigenvalue weighted by atomic mass is 32.2. The van der Waals surface area contributed by atoms with Crippen LogP contribution in [0.2, 0.25) is 0 Å². The molecule has 0 aromatic heterocycles.